The van der Waals surface area contributed by atoms with Gasteiger partial charge in [-0.15, -0.1) is 0 Å². The molecule has 1 aliphatic rings. The standard InChI is InChI=1S/C18H16N4/c1-12-8-6-7-9-15(12)22-13(2)21(5)16-11-10-14(19-3)17(20-4)18(16)22/h6-11,13H,1-2,5H3/t13-/m0/s1. The van der Waals surface area contributed by atoms with Gasteiger partial charge in [-0.05, 0) is 31.5 Å². The number of rotatable bonds is 1. The Bertz CT molecular complexity index is 826. The van der Waals surface area contributed by atoms with Crippen molar-refractivity contribution in [1.82, 2.24) is 0 Å². The lowest BCUT2D eigenvalue weighted by Crippen LogP contribution is -2.35. The zero-order valence-corrected chi connectivity index (χ0v) is 12.8. The van der Waals surface area contributed by atoms with Crippen LogP contribution >= 0.6 is 0 Å². The molecule has 1 aliphatic heterocycles. The molecule has 3 rings (SSSR count). The lowest BCUT2D eigenvalue weighted by molar-refractivity contribution is 0.733. The normalized spacial score (nSPS) is 16.1. The smallest absolute Gasteiger partial charge is 0.219 e. The molecule has 4 nitrogen and oxygen atoms in total. The Labute approximate surface area is 130 Å². The molecular formula is C18H16N4. The van der Waals surface area contributed by atoms with E-state index in [1.165, 1.54) is 0 Å². The molecule has 2 aromatic rings. The highest BCUT2D eigenvalue weighted by molar-refractivity contribution is 5.99. The Hall–Kier alpha value is -2.98. The van der Waals surface area contributed by atoms with Crippen LogP contribution in [0.25, 0.3) is 9.69 Å². The number of aryl methyl sites for hydroxylation is 1. The van der Waals surface area contributed by atoms with E-state index in [0.29, 0.717) is 11.4 Å². The third kappa shape index (κ3) is 1.82. The maximum Gasteiger partial charge on any atom is 0.219 e. The molecule has 0 saturated carbocycles. The van der Waals surface area contributed by atoms with E-state index in [2.05, 4.69) is 45.5 Å². The van der Waals surface area contributed by atoms with E-state index in [9.17, 15) is 0 Å². The molecule has 0 amide bonds. The van der Waals surface area contributed by atoms with Gasteiger partial charge in [0.1, 0.15) is 6.17 Å². The predicted octanol–water partition coefficient (Wildman–Crippen LogP) is 5.03. The molecule has 108 valence electrons. The number of hydrogen-bond acceptors (Lipinski definition) is 2. The molecule has 0 unspecified atom stereocenters. The van der Waals surface area contributed by atoms with E-state index in [-0.39, 0.29) is 6.17 Å². The minimum absolute atomic E-state index is 0.0950. The van der Waals surface area contributed by atoms with Gasteiger partial charge in [0, 0.05) is 18.4 Å². The van der Waals surface area contributed by atoms with Crippen LogP contribution < -0.4 is 9.80 Å². The third-order valence-electron chi connectivity index (χ3n) is 4.27. The van der Waals surface area contributed by atoms with Gasteiger partial charge in [-0.1, -0.05) is 24.3 Å². The maximum absolute atomic E-state index is 7.53. The second-order valence-electron chi connectivity index (χ2n) is 5.42. The van der Waals surface area contributed by atoms with Crippen molar-refractivity contribution >= 4 is 28.4 Å². The van der Waals surface area contributed by atoms with Gasteiger partial charge < -0.3 is 9.80 Å². The highest BCUT2D eigenvalue weighted by atomic mass is 15.4. The largest absolute Gasteiger partial charge is 0.354 e. The molecule has 0 bridgehead atoms. The third-order valence-corrected chi connectivity index (χ3v) is 4.27. The Morgan fingerprint density at radius 2 is 1.73 bits per heavy atom. The lowest BCUT2D eigenvalue weighted by Gasteiger charge is -2.29. The summed E-state index contributed by atoms with van der Waals surface area (Å²) in [5.74, 6) is 0. The number of nitrogens with zero attached hydrogens (tertiary/aromatic N) is 4. The van der Waals surface area contributed by atoms with E-state index in [0.717, 1.165) is 22.6 Å². The van der Waals surface area contributed by atoms with Crippen LogP contribution in [0, 0.1) is 20.1 Å². The van der Waals surface area contributed by atoms with Gasteiger partial charge in [-0.3, -0.25) is 4.85 Å². The van der Waals surface area contributed by atoms with Crippen LogP contribution in [0.3, 0.4) is 0 Å². The van der Waals surface area contributed by atoms with Crippen molar-refractivity contribution < 1.29 is 0 Å². The van der Waals surface area contributed by atoms with Crippen LogP contribution in [0.15, 0.2) is 36.4 Å². The van der Waals surface area contributed by atoms with E-state index in [4.69, 9.17) is 13.1 Å². The van der Waals surface area contributed by atoms with Crippen LogP contribution in [-0.4, -0.2) is 13.2 Å². The molecule has 0 N–H and O–H groups in total. The minimum atomic E-state index is 0.0950. The fraction of sp³-hybridized carbons (Fsp3) is 0.222. The summed E-state index contributed by atoms with van der Waals surface area (Å²) in [6, 6.07) is 11.8. The van der Waals surface area contributed by atoms with Gasteiger partial charge in [-0.2, -0.15) is 0 Å². The second-order valence-corrected chi connectivity index (χ2v) is 5.42. The van der Waals surface area contributed by atoms with Gasteiger partial charge >= 0.3 is 0 Å². The fourth-order valence-electron chi connectivity index (χ4n) is 3.00. The van der Waals surface area contributed by atoms with Crippen LogP contribution in [0.4, 0.5) is 28.4 Å². The van der Waals surface area contributed by atoms with E-state index in [1.807, 2.05) is 25.2 Å². The van der Waals surface area contributed by atoms with Crippen molar-refractivity contribution in [2.75, 3.05) is 16.8 Å². The summed E-state index contributed by atoms with van der Waals surface area (Å²) in [5, 5.41) is 0. The van der Waals surface area contributed by atoms with E-state index < -0.39 is 0 Å². The summed E-state index contributed by atoms with van der Waals surface area (Å²) in [5.41, 5.74) is 4.91. The fourth-order valence-corrected chi connectivity index (χ4v) is 3.00. The monoisotopic (exact) mass is 288 g/mol. The Morgan fingerprint density at radius 1 is 1.00 bits per heavy atom. The SMILES string of the molecule is [C-]#[N+]c1ccc2c(c1[N+]#[C-])N(c1ccccc1C)[C@@H](C)N2C. The van der Waals surface area contributed by atoms with Crippen molar-refractivity contribution in [3.63, 3.8) is 0 Å². The van der Waals surface area contributed by atoms with Crippen LogP contribution in [-0.2, 0) is 0 Å². The van der Waals surface area contributed by atoms with Gasteiger partial charge in [0.25, 0.3) is 0 Å². The number of para-hydroxylation sites is 1. The van der Waals surface area contributed by atoms with Crippen LogP contribution in [0.1, 0.15) is 12.5 Å². The molecule has 1 heterocycles. The van der Waals surface area contributed by atoms with Crippen molar-refractivity contribution in [2.45, 2.75) is 20.0 Å². The average molecular weight is 288 g/mol. The predicted molar refractivity (Wildman–Crippen MR) is 90.1 cm³/mol. The number of fused-ring (bicyclic) bond motifs is 1. The van der Waals surface area contributed by atoms with Gasteiger partial charge in [0.2, 0.25) is 5.69 Å². The summed E-state index contributed by atoms with van der Waals surface area (Å²) in [4.78, 5) is 11.5. The van der Waals surface area contributed by atoms with Crippen LogP contribution in [0.5, 0.6) is 0 Å². The molecule has 4 heteroatoms. The summed E-state index contributed by atoms with van der Waals surface area (Å²) < 4.78 is 0. The molecule has 0 saturated heterocycles. The molecule has 22 heavy (non-hydrogen) atoms. The number of hydrogen-bond donors (Lipinski definition) is 0. The van der Waals surface area contributed by atoms with E-state index in [1.54, 1.807) is 6.07 Å². The second kappa shape index (κ2) is 5.09. The molecule has 0 aliphatic carbocycles. The average Bonchev–Trinajstić information content (AvgIpc) is 2.79. The molecule has 0 spiro atoms. The first kappa shape index (κ1) is 14.0. The van der Waals surface area contributed by atoms with Crippen molar-refractivity contribution in [3.05, 3.63) is 64.8 Å². The lowest BCUT2D eigenvalue weighted by atomic mass is 10.1. The summed E-state index contributed by atoms with van der Waals surface area (Å²) in [6.45, 7) is 19.0. The Morgan fingerprint density at radius 3 is 2.36 bits per heavy atom. The molecule has 1 atom stereocenters. The first-order chi connectivity index (χ1) is 10.6. The molecule has 0 aromatic heterocycles. The van der Waals surface area contributed by atoms with Crippen molar-refractivity contribution in [2.24, 2.45) is 0 Å². The summed E-state index contributed by atoms with van der Waals surface area (Å²) in [6.07, 6.45) is 0.0950. The zero-order valence-electron chi connectivity index (χ0n) is 12.8. The Balaban J connectivity index is 2.32. The number of anilines is 3. The van der Waals surface area contributed by atoms with E-state index >= 15 is 0 Å². The highest BCUT2D eigenvalue weighted by Crippen LogP contribution is 2.52. The number of benzene rings is 2. The molecule has 0 radical (unpaired) electrons. The summed E-state index contributed by atoms with van der Waals surface area (Å²) >= 11 is 0. The Kier molecular flexibility index (Phi) is 3.23. The van der Waals surface area contributed by atoms with Gasteiger partial charge in [0.15, 0.2) is 5.69 Å². The topological polar surface area (TPSA) is 15.2 Å². The maximum atomic E-state index is 7.53. The first-order valence-corrected chi connectivity index (χ1v) is 7.09. The van der Waals surface area contributed by atoms with Crippen molar-refractivity contribution in [3.8, 4) is 0 Å². The minimum Gasteiger partial charge on any atom is -0.354 e. The van der Waals surface area contributed by atoms with Gasteiger partial charge in [-0.25, -0.2) is 4.85 Å². The van der Waals surface area contributed by atoms with Crippen LogP contribution in [0.2, 0.25) is 0 Å². The molecule has 0 fully saturated rings. The highest BCUT2D eigenvalue weighted by Gasteiger charge is 2.35. The molecule has 2 aromatic carbocycles. The first-order valence-electron chi connectivity index (χ1n) is 7.09. The van der Waals surface area contributed by atoms with Gasteiger partial charge in [0.05, 0.1) is 18.8 Å². The summed E-state index contributed by atoms with van der Waals surface area (Å²) in [7, 11) is 2.02. The van der Waals surface area contributed by atoms with Crippen molar-refractivity contribution in [1.29, 1.82) is 0 Å². The quantitative estimate of drug-likeness (QED) is 0.684. The molecular weight excluding hydrogens is 272 g/mol. The zero-order chi connectivity index (χ0) is 15.9.